The second-order valence-electron chi connectivity index (χ2n) is 7.72. The summed E-state index contributed by atoms with van der Waals surface area (Å²) in [6, 6.07) is 32.0. The Kier molecular flexibility index (Phi) is 8.17. The van der Waals surface area contributed by atoms with E-state index in [4.69, 9.17) is 24.4 Å². The van der Waals surface area contributed by atoms with E-state index >= 15 is 0 Å². The lowest BCUT2D eigenvalue weighted by Crippen LogP contribution is -2.04. The van der Waals surface area contributed by atoms with Crippen molar-refractivity contribution in [3.63, 3.8) is 0 Å². The molecule has 0 saturated heterocycles. The van der Waals surface area contributed by atoms with Crippen LogP contribution in [0.1, 0.15) is 5.56 Å². The first-order valence-corrected chi connectivity index (χ1v) is 11.2. The summed E-state index contributed by atoms with van der Waals surface area (Å²) in [6.07, 6.45) is 0. The minimum atomic E-state index is -0.0718. The first kappa shape index (κ1) is 23.4. The van der Waals surface area contributed by atoms with Crippen molar-refractivity contribution in [2.45, 2.75) is 6.61 Å². The summed E-state index contributed by atoms with van der Waals surface area (Å²) in [5, 5.41) is 18.2. The molecule has 0 saturated carbocycles. The highest BCUT2D eigenvalue weighted by Crippen LogP contribution is 2.33. The molecule has 0 bridgehead atoms. The number of aliphatic hydroxyl groups is 2. The number of aliphatic hydroxyl groups excluding tert-OH is 2. The minimum absolute atomic E-state index is 0.0718. The molecule has 0 aromatic heterocycles. The van der Waals surface area contributed by atoms with Crippen LogP contribution >= 0.6 is 0 Å². The van der Waals surface area contributed by atoms with E-state index in [0.717, 1.165) is 33.6 Å². The molecule has 4 aromatic carbocycles. The molecule has 174 valence electrons. The zero-order chi connectivity index (χ0) is 23.6. The van der Waals surface area contributed by atoms with Gasteiger partial charge in [-0.05, 0) is 58.1 Å². The summed E-state index contributed by atoms with van der Waals surface area (Å²) in [5.41, 5.74) is 5.22. The molecule has 0 fully saturated rings. The molecule has 0 amide bonds. The van der Waals surface area contributed by atoms with Crippen molar-refractivity contribution >= 4 is 0 Å². The second kappa shape index (κ2) is 11.9. The first-order chi connectivity index (χ1) is 16.7. The fraction of sp³-hybridized carbons (Fsp3) is 0.172. The lowest BCUT2D eigenvalue weighted by Gasteiger charge is -2.13. The van der Waals surface area contributed by atoms with Gasteiger partial charge in [-0.25, -0.2) is 0 Å². The van der Waals surface area contributed by atoms with Crippen LogP contribution in [0.5, 0.6) is 17.2 Å². The third kappa shape index (κ3) is 6.38. The van der Waals surface area contributed by atoms with E-state index in [9.17, 15) is 0 Å². The Morgan fingerprint density at radius 3 is 1.71 bits per heavy atom. The molecule has 5 heteroatoms. The van der Waals surface area contributed by atoms with Crippen LogP contribution < -0.4 is 14.2 Å². The van der Waals surface area contributed by atoms with Gasteiger partial charge in [0.05, 0.1) is 13.2 Å². The van der Waals surface area contributed by atoms with Crippen molar-refractivity contribution in [2.24, 2.45) is 0 Å². The van der Waals surface area contributed by atoms with E-state index in [1.807, 2.05) is 66.7 Å². The normalized spacial score (nSPS) is 10.6. The minimum Gasteiger partial charge on any atom is -0.491 e. The van der Waals surface area contributed by atoms with Crippen LogP contribution in [0.25, 0.3) is 22.3 Å². The molecular weight excluding hydrogens is 428 g/mol. The Morgan fingerprint density at radius 2 is 1.09 bits per heavy atom. The van der Waals surface area contributed by atoms with Crippen molar-refractivity contribution in [1.82, 2.24) is 0 Å². The molecule has 0 aliphatic carbocycles. The van der Waals surface area contributed by atoms with E-state index in [2.05, 4.69) is 24.3 Å². The standard InChI is InChI=1S/C29H28O5/c30-13-15-32-28-18-26(19-29(20-28)33-16-14-31)25-8-4-7-24(17-25)23-9-11-27(12-10-23)34-21-22-5-2-1-3-6-22/h1-12,17-20,30-31H,13-16,21H2. The Hall–Kier alpha value is -3.80. The van der Waals surface area contributed by atoms with Gasteiger partial charge < -0.3 is 24.4 Å². The summed E-state index contributed by atoms with van der Waals surface area (Å²) in [6.45, 7) is 0.781. The van der Waals surface area contributed by atoms with Crippen LogP contribution in [0.3, 0.4) is 0 Å². The molecule has 5 nitrogen and oxygen atoms in total. The zero-order valence-electron chi connectivity index (χ0n) is 18.9. The maximum absolute atomic E-state index is 9.10. The topological polar surface area (TPSA) is 68.2 Å². The van der Waals surface area contributed by atoms with Gasteiger partial charge in [0.1, 0.15) is 37.1 Å². The summed E-state index contributed by atoms with van der Waals surface area (Å²) in [4.78, 5) is 0. The number of ether oxygens (including phenoxy) is 3. The molecule has 4 aromatic rings. The van der Waals surface area contributed by atoms with Crippen LogP contribution in [0.2, 0.25) is 0 Å². The van der Waals surface area contributed by atoms with Crippen LogP contribution in [0, 0.1) is 0 Å². The van der Waals surface area contributed by atoms with Gasteiger partial charge in [-0.1, -0.05) is 60.7 Å². The highest BCUT2D eigenvalue weighted by molar-refractivity contribution is 5.74. The van der Waals surface area contributed by atoms with Crippen LogP contribution in [-0.4, -0.2) is 36.6 Å². The van der Waals surface area contributed by atoms with Crippen LogP contribution in [0.15, 0.2) is 97.1 Å². The summed E-state index contributed by atoms with van der Waals surface area (Å²) < 4.78 is 17.1. The molecule has 0 unspecified atom stereocenters. The molecule has 0 heterocycles. The molecule has 0 radical (unpaired) electrons. The van der Waals surface area contributed by atoms with Crippen molar-refractivity contribution in [3.05, 3.63) is 103 Å². The summed E-state index contributed by atoms with van der Waals surface area (Å²) in [7, 11) is 0. The third-order valence-corrected chi connectivity index (χ3v) is 5.23. The third-order valence-electron chi connectivity index (χ3n) is 5.23. The number of hydrogen-bond acceptors (Lipinski definition) is 5. The summed E-state index contributed by atoms with van der Waals surface area (Å²) in [5.74, 6) is 2.03. The van der Waals surface area contributed by atoms with Gasteiger partial charge >= 0.3 is 0 Å². The Bertz CT molecular complexity index is 1150. The van der Waals surface area contributed by atoms with Gasteiger partial charge in [0.2, 0.25) is 0 Å². The first-order valence-electron chi connectivity index (χ1n) is 11.2. The molecule has 34 heavy (non-hydrogen) atoms. The maximum atomic E-state index is 9.10. The lowest BCUT2D eigenvalue weighted by atomic mass is 9.98. The molecule has 0 atom stereocenters. The van der Waals surface area contributed by atoms with E-state index in [0.29, 0.717) is 18.1 Å². The quantitative estimate of drug-likeness (QED) is 0.319. The van der Waals surface area contributed by atoms with E-state index < -0.39 is 0 Å². The fourth-order valence-electron chi connectivity index (χ4n) is 3.59. The second-order valence-corrected chi connectivity index (χ2v) is 7.72. The molecule has 0 aliphatic heterocycles. The average Bonchev–Trinajstić information content (AvgIpc) is 2.90. The Balaban J connectivity index is 1.53. The van der Waals surface area contributed by atoms with E-state index in [1.165, 1.54) is 0 Å². The lowest BCUT2D eigenvalue weighted by molar-refractivity contribution is 0.195. The number of benzene rings is 4. The number of hydrogen-bond donors (Lipinski definition) is 2. The van der Waals surface area contributed by atoms with Crippen LogP contribution in [0.4, 0.5) is 0 Å². The van der Waals surface area contributed by atoms with E-state index in [1.54, 1.807) is 6.07 Å². The van der Waals surface area contributed by atoms with Gasteiger partial charge in [-0.15, -0.1) is 0 Å². The van der Waals surface area contributed by atoms with Crippen molar-refractivity contribution in [3.8, 4) is 39.5 Å². The number of rotatable bonds is 11. The van der Waals surface area contributed by atoms with Gasteiger partial charge in [0.25, 0.3) is 0 Å². The molecule has 0 aliphatic rings. The van der Waals surface area contributed by atoms with Crippen molar-refractivity contribution < 1.29 is 24.4 Å². The molecular formula is C29H28O5. The highest BCUT2D eigenvalue weighted by atomic mass is 16.5. The fourth-order valence-corrected chi connectivity index (χ4v) is 3.59. The summed E-state index contributed by atoms with van der Waals surface area (Å²) >= 11 is 0. The van der Waals surface area contributed by atoms with Gasteiger partial charge in [0, 0.05) is 6.07 Å². The largest absolute Gasteiger partial charge is 0.491 e. The Labute approximate surface area is 199 Å². The average molecular weight is 457 g/mol. The molecule has 2 N–H and O–H groups in total. The van der Waals surface area contributed by atoms with Gasteiger partial charge in [-0.2, -0.15) is 0 Å². The maximum Gasteiger partial charge on any atom is 0.123 e. The smallest absolute Gasteiger partial charge is 0.123 e. The highest BCUT2D eigenvalue weighted by Gasteiger charge is 2.08. The van der Waals surface area contributed by atoms with Crippen LogP contribution in [-0.2, 0) is 6.61 Å². The van der Waals surface area contributed by atoms with Crippen molar-refractivity contribution in [1.29, 1.82) is 0 Å². The predicted molar refractivity (Wildman–Crippen MR) is 133 cm³/mol. The SMILES string of the molecule is OCCOc1cc(OCCO)cc(-c2cccc(-c3ccc(OCc4ccccc4)cc3)c2)c1. The predicted octanol–water partition coefficient (Wildman–Crippen LogP) is 5.34. The van der Waals surface area contributed by atoms with Crippen molar-refractivity contribution in [2.75, 3.05) is 26.4 Å². The monoisotopic (exact) mass is 456 g/mol. The van der Waals surface area contributed by atoms with Gasteiger partial charge in [-0.3, -0.25) is 0 Å². The molecule has 4 rings (SSSR count). The zero-order valence-corrected chi connectivity index (χ0v) is 18.9. The van der Waals surface area contributed by atoms with E-state index in [-0.39, 0.29) is 26.4 Å². The molecule has 0 spiro atoms. The van der Waals surface area contributed by atoms with Gasteiger partial charge in [0.15, 0.2) is 0 Å². The Morgan fingerprint density at radius 1 is 0.471 bits per heavy atom.